The first-order valence-corrected chi connectivity index (χ1v) is 6.10. The van der Waals surface area contributed by atoms with E-state index in [4.69, 9.17) is 21.6 Å². The van der Waals surface area contributed by atoms with Crippen LogP contribution in [0.1, 0.15) is 18.4 Å². The van der Waals surface area contributed by atoms with Crippen molar-refractivity contribution in [1.29, 1.82) is 5.26 Å². The van der Waals surface area contributed by atoms with E-state index in [1.807, 2.05) is 12.1 Å². The van der Waals surface area contributed by atoms with Crippen molar-refractivity contribution in [1.82, 2.24) is 0 Å². The Morgan fingerprint density at radius 2 is 2.35 bits per heavy atom. The molecule has 0 saturated carbocycles. The number of benzene rings is 1. The number of nitrogens with zero attached hydrogens (tertiary/aromatic N) is 2. The molecule has 0 spiro atoms. The first-order chi connectivity index (χ1) is 8.24. The van der Waals surface area contributed by atoms with Crippen LogP contribution in [0.5, 0.6) is 0 Å². The molecule has 1 aromatic rings. The topological polar surface area (TPSA) is 36.3 Å². The summed E-state index contributed by atoms with van der Waals surface area (Å²) in [5, 5.41) is 9.35. The van der Waals surface area contributed by atoms with Crippen LogP contribution >= 0.6 is 11.6 Å². The molecule has 0 aliphatic carbocycles. The SMILES string of the molecule is CO[C@@H]1CCCN(c2ccc(C#N)c(Cl)c2)C1. The number of ether oxygens (including phenoxy) is 1. The van der Waals surface area contributed by atoms with Gasteiger partial charge in [-0.2, -0.15) is 5.26 Å². The zero-order chi connectivity index (χ0) is 12.3. The van der Waals surface area contributed by atoms with Crippen molar-refractivity contribution >= 4 is 17.3 Å². The van der Waals surface area contributed by atoms with Crippen LogP contribution in [0.2, 0.25) is 5.02 Å². The number of anilines is 1. The van der Waals surface area contributed by atoms with Crippen LogP contribution in [0.4, 0.5) is 5.69 Å². The Morgan fingerprint density at radius 3 is 3.00 bits per heavy atom. The van der Waals surface area contributed by atoms with Crippen LogP contribution in [0.25, 0.3) is 0 Å². The van der Waals surface area contributed by atoms with E-state index in [1.165, 1.54) is 0 Å². The van der Waals surface area contributed by atoms with E-state index in [2.05, 4.69) is 11.0 Å². The van der Waals surface area contributed by atoms with Gasteiger partial charge in [-0.15, -0.1) is 0 Å². The predicted octanol–water partition coefficient (Wildman–Crippen LogP) is 2.83. The highest BCUT2D eigenvalue weighted by molar-refractivity contribution is 6.32. The lowest BCUT2D eigenvalue weighted by Crippen LogP contribution is -2.39. The molecule has 4 heteroatoms. The highest BCUT2D eigenvalue weighted by Gasteiger charge is 2.20. The summed E-state index contributed by atoms with van der Waals surface area (Å²) in [7, 11) is 1.75. The van der Waals surface area contributed by atoms with Crippen molar-refractivity contribution in [3.63, 3.8) is 0 Å². The van der Waals surface area contributed by atoms with Gasteiger partial charge in [-0.3, -0.25) is 0 Å². The maximum atomic E-state index is 8.83. The van der Waals surface area contributed by atoms with E-state index in [0.717, 1.165) is 31.6 Å². The predicted molar refractivity (Wildman–Crippen MR) is 68.4 cm³/mol. The summed E-state index contributed by atoms with van der Waals surface area (Å²) in [6, 6.07) is 7.65. The van der Waals surface area contributed by atoms with Gasteiger partial charge in [0.25, 0.3) is 0 Å². The highest BCUT2D eigenvalue weighted by atomic mass is 35.5. The Labute approximate surface area is 107 Å². The number of nitriles is 1. The molecule has 1 aliphatic heterocycles. The van der Waals surface area contributed by atoms with Gasteiger partial charge in [0.05, 0.1) is 16.7 Å². The number of rotatable bonds is 2. The molecule has 0 aromatic heterocycles. The Bertz CT molecular complexity index is 442. The molecule has 0 amide bonds. The lowest BCUT2D eigenvalue weighted by Gasteiger charge is -2.33. The summed E-state index contributed by atoms with van der Waals surface area (Å²) >= 11 is 6.04. The zero-order valence-corrected chi connectivity index (χ0v) is 10.6. The van der Waals surface area contributed by atoms with Crippen LogP contribution in [0, 0.1) is 11.3 Å². The fraction of sp³-hybridized carbons (Fsp3) is 0.462. The van der Waals surface area contributed by atoms with Gasteiger partial charge in [-0.05, 0) is 31.0 Å². The second kappa shape index (κ2) is 5.39. The maximum absolute atomic E-state index is 8.83. The summed E-state index contributed by atoms with van der Waals surface area (Å²) in [5.41, 5.74) is 1.59. The summed E-state index contributed by atoms with van der Waals surface area (Å²) in [6.07, 6.45) is 2.52. The molecule has 1 heterocycles. The zero-order valence-electron chi connectivity index (χ0n) is 9.82. The second-order valence-corrected chi connectivity index (χ2v) is 4.63. The first kappa shape index (κ1) is 12.2. The molecule has 90 valence electrons. The van der Waals surface area contributed by atoms with Gasteiger partial charge >= 0.3 is 0 Å². The molecule has 0 N–H and O–H groups in total. The third-order valence-electron chi connectivity index (χ3n) is 3.15. The maximum Gasteiger partial charge on any atom is 0.101 e. The minimum absolute atomic E-state index is 0.290. The van der Waals surface area contributed by atoms with Crippen molar-refractivity contribution in [2.24, 2.45) is 0 Å². The normalized spacial score (nSPS) is 20.1. The minimum atomic E-state index is 0.290. The van der Waals surface area contributed by atoms with Crippen LogP contribution in [-0.4, -0.2) is 26.3 Å². The first-order valence-electron chi connectivity index (χ1n) is 5.72. The third-order valence-corrected chi connectivity index (χ3v) is 3.46. The quantitative estimate of drug-likeness (QED) is 0.810. The number of piperidine rings is 1. The average molecular weight is 251 g/mol. The molecule has 1 fully saturated rings. The van der Waals surface area contributed by atoms with Crippen molar-refractivity contribution in [2.75, 3.05) is 25.1 Å². The molecule has 1 saturated heterocycles. The lowest BCUT2D eigenvalue weighted by molar-refractivity contribution is 0.0893. The Kier molecular flexibility index (Phi) is 3.88. The van der Waals surface area contributed by atoms with Gasteiger partial charge in [0.1, 0.15) is 6.07 Å². The van der Waals surface area contributed by atoms with E-state index in [9.17, 15) is 0 Å². The average Bonchev–Trinajstić information content (AvgIpc) is 2.38. The largest absolute Gasteiger partial charge is 0.380 e. The number of halogens is 1. The monoisotopic (exact) mass is 250 g/mol. The summed E-state index contributed by atoms with van der Waals surface area (Å²) in [4.78, 5) is 2.25. The van der Waals surface area contributed by atoms with E-state index in [-0.39, 0.29) is 6.10 Å². The summed E-state index contributed by atoms with van der Waals surface area (Å²) < 4.78 is 5.39. The van der Waals surface area contributed by atoms with E-state index >= 15 is 0 Å². The molecule has 0 radical (unpaired) electrons. The Morgan fingerprint density at radius 1 is 1.53 bits per heavy atom. The molecule has 2 rings (SSSR count). The molecule has 3 nitrogen and oxygen atoms in total. The second-order valence-electron chi connectivity index (χ2n) is 4.22. The van der Waals surface area contributed by atoms with Crippen LogP contribution in [0.3, 0.4) is 0 Å². The fourth-order valence-corrected chi connectivity index (χ4v) is 2.37. The molecule has 1 atom stereocenters. The van der Waals surface area contributed by atoms with Crippen LogP contribution < -0.4 is 4.90 Å². The van der Waals surface area contributed by atoms with Gasteiger partial charge in [-0.1, -0.05) is 11.6 Å². The summed E-state index contributed by atoms with van der Waals surface area (Å²) in [6.45, 7) is 1.90. The minimum Gasteiger partial charge on any atom is -0.380 e. The summed E-state index contributed by atoms with van der Waals surface area (Å²) in [5.74, 6) is 0. The van der Waals surface area contributed by atoms with E-state index in [0.29, 0.717) is 10.6 Å². The van der Waals surface area contributed by atoms with Gasteiger partial charge in [-0.25, -0.2) is 0 Å². The molecular weight excluding hydrogens is 236 g/mol. The standard InChI is InChI=1S/C13H15ClN2O/c1-17-12-3-2-6-16(9-12)11-5-4-10(8-15)13(14)7-11/h4-5,7,12H,2-3,6,9H2,1H3/t12-/m1/s1. The van der Waals surface area contributed by atoms with Gasteiger partial charge in [0.2, 0.25) is 0 Å². The number of hydrogen-bond donors (Lipinski definition) is 0. The lowest BCUT2D eigenvalue weighted by atomic mass is 10.1. The highest BCUT2D eigenvalue weighted by Crippen LogP contribution is 2.26. The van der Waals surface area contributed by atoms with Crippen LogP contribution in [0.15, 0.2) is 18.2 Å². The van der Waals surface area contributed by atoms with Gasteiger partial charge < -0.3 is 9.64 Å². The fourth-order valence-electron chi connectivity index (χ4n) is 2.16. The van der Waals surface area contributed by atoms with Crippen molar-refractivity contribution in [3.05, 3.63) is 28.8 Å². The van der Waals surface area contributed by atoms with E-state index in [1.54, 1.807) is 13.2 Å². The molecular formula is C13H15ClN2O. The van der Waals surface area contributed by atoms with Crippen LogP contribution in [-0.2, 0) is 4.74 Å². The Balaban J connectivity index is 2.17. The molecule has 17 heavy (non-hydrogen) atoms. The molecule has 0 unspecified atom stereocenters. The molecule has 1 aromatic carbocycles. The Hall–Kier alpha value is -1.24. The van der Waals surface area contributed by atoms with Crippen molar-refractivity contribution in [3.8, 4) is 6.07 Å². The molecule has 0 bridgehead atoms. The third kappa shape index (κ3) is 2.71. The van der Waals surface area contributed by atoms with Crippen molar-refractivity contribution < 1.29 is 4.74 Å². The van der Waals surface area contributed by atoms with Gasteiger partial charge in [0.15, 0.2) is 0 Å². The molecule has 1 aliphatic rings. The number of hydrogen-bond acceptors (Lipinski definition) is 3. The van der Waals surface area contributed by atoms with Gasteiger partial charge in [0, 0.05) is 25.9 Å². The smallest absolute Gasteiger partial charge is 0.101 e. The van der Waals surface area contributed by atoms with Crippen molar-refractivity contribution in [2.45, 2.75) is 18.9 Å². The number of methoxy groups -OCH3 is 1. The van der Waals surface area contributed by atoms with E-state index < -0.39 is 0 Å².